The third kappa shape index (κ3) is 3.31. The van der Waals surface area contributed by atoms with E-state index in [1.165, 1.54) is 44.8 Å². The molecule has 0 spiro atoms. The Hall–Kier alpha value is -5.08. The molecule has 196 valence electrons. The van der Waals surface area contributed by atoms with Gasteiger partial charge in [0.15, 0.2) is 0 Å². The van der Waals surface area contributed by atoms with Gasteiger partial charge in [-0.2, -0.15) is 0 Å². The van der Waals surface area contributed by atoms with Gasteiger partial charge >= 0.3 is 0 Å². The SMILES string of the molecule is Cc1ccccc1C1(c2cc3oc4ccccc4c3cc2C)c2ccccc2N(c2ccccc2)c2ccccc21. The van der Waals surface area contributed by atoms with Crippen LogP contribution in [0.1, 0.15) is 33.4 Å². The molecule has 8 rings (SSSR count). The molecule has 0 unspecified atom stereocenters. The van der Waals surface area contributed by atoms with E-state index in [2.05, 4.69) is 152 Å². The van der Waals surface area contributed by atoms with E-state index < -0.39 is 5.41 Å². The second-order valence-electron chi connectivity index (χ2n) is 11.0. The topological polar surface area (TPSA) is 16.4 Å². The molecule has 0 atom stereocenters. The summed E-state index contributed by atoms with van der Waals surface area (Å²) < 4.78 is 6.51. The quantitative estimate of drug-likeness (QED) is 0.227. The van der Waals surface area contributed by atoms with Crippen molar-refractivity contribution in [2.24, 2.45) is 0 Å². The summed E-state index contributed by atoms with van der Waals surface area (Å²) in [6.45, 7) is 4.49. The van der Waals surface area contributed by atoms with Gasteiger partial charge in [0.05, 0.1) is 16.8 Å². The summed E-state index contributed by atoms with van der Waals surface area (Å²) in [5, 5.41) is 2.31. The standard InChI is InChI=1S/C39H29NO/c1-26-14-6-8-18-31(26)39(34-25-38-30(24-27(34)2)29-17-7-13-23-37(29)41-38)32-19-9-11-21-35(32)40(28-15-4-3-5-16-28)36-22-12-10-20-33(36)39/h3-25H,1-2H3. The first kappa shape index (κ1) is 23.8. The van der Waals surface area contributed by atoms with Crippen molar-refractivity contribution in [2.45, 2.75) is 19.3 Å². The average molecular weight is 528 g/mol. The van der Waals surface area contributed by atoms with Crippen LogP contribution in [0.15, 0.2) is 144 Å². The molecular formula is C39H29NO. The maximum absolute atomic E-state index is 6.51. The van der Waals surface area contributed by atoms with Gasteiger partial charge in [-0.15, -0.1) is 0 Å². The van der Waals surface area contributed by atoms with E-state index in [-0.39, 0.29) is 0 Å². The van der Waals surface area contributed by atoms with Gasteiger partial charge in [0.2, 0.25) is 0 Å². The summed E-state index contributed by atoms with van der Waals surface area (Å²) >= 11 is 0. The number of hydrogen-bond acceptors (Lipinski definition) is 2. The fourth-order valence-corrected chi connectivity index (χ4v) is 7.10. The lowest BCUT2D eigenvalue weighted by molar-refractivity contribution is 0.663. The van der Waals surface area contributed by atoms with Crippen LogP contribution in [0.5, 0.6) is 0 Å². The van der Waals surface area contributed by atoms with E-state index in [9.17, 15) is 0 Å². The van der Waals surface area contributed by atoms with Gasteiger partial charge in [-0.25, -0.2) is 0 Å². The highest BCUT2D eigenvalue weighted by atomic mass is 16.3. The zero-order chi connectivity index (χ0) is 27.6. The minimum atomic E-state index is -0.555. The van der Waals surface area contributed by atoms with Gasteiger partial charge in [0.25, 0.3) is 0 Å². The highest BCUT2D eigenvalue weighted by Crippen LogP contribution is 2.59. The first-order chi connectivity index (χ1) is 20.2. The average Bonchev–Trinajstić information content (AvgIpc) is 3.38. The number of para-hydroxylation sites is 4. The molecule has 0 N–H and O–H groups in total. The fourth-order valence-electron chi connectivity index (χ4n) is 7.10. The molecule has 0 saturated heterocycles. The Morgan fingerprint density at radius 1 is 0.463 bits per heavy atom. The molecule has 1 aliphatic rings. The van der Waals surface area contributed by atoms with Crippen molar-refractivity contribution in [3.8, 4) is 0 Å². The lowest BCUT2D eigenvalue weighted by atomic mass is 9.60. The lowest BCUT2D eigenvalue weighted by Crippen LogP contribution is -2.38. The second-order valence-corrected chi connectivity index (χ2v) is 11.0. The molecule has 1 aromatic heterocycles. The van der Waals surface area contributed by atoms with Crippen molar-refractivity contribution in [1.29, 1.82) is 0 Å². The van der Waals surface area contributed by atoms with Crippen LogP contribution in [0.2, 0.25) is 0 Å². The van der Waals surface area contributed by atoms with Gasteiger partial charge in [0.1, 0.15) is 11.2 Å². The number of hydrogen-bond donors (Lipinski definition) is 0. The normalized spacial score (nSPS) is 13.8. The number of benzene rings is 6. The van der Waals surface area contributed by atoms with Crippen molar-refractivity contribution >= 4 is 39.0 Å². The summed E-state index contributed by atoms with van der Waals surface area (Å²) in [7, 11) is 0. The Bertz CT molecular complexity index is 2040. The Morgan fingerprint density at radius 3 is 1.76 bits per heavy atom. The molecule has 2 heterocycles. The molecular weight excluding hydrogens is 498 g/mol. The van der Waals surface area contributed by atoms with Crippen LogP contribution in [0.25, 0.3) is 21.9 Å². The first-order valence-corrected chi connectivity index (χ1v) is 14.2. The molecule has 6 aromatic carbocycles. The number of fused-ring (bicyclic) bond motifs is 5. The van der Waals surface area contributed by atoms with Crippen molar-refractivity contribution in [3.05, 3.63) is 173 Å². The molecule has 2 nitrogen and oxygen atoms in total. The Morgan fingerprint density at radius 2 is 1.05 bits per heavy atom. The number of aryl methyl sites for hydroxylation is 2. The Labute approximate surface area is 240 Å². The van der Waals surface area contributed by atoms with Gasteiger partial charge < -0.3 is 9.32 Å². The summed E-state index contributed by atoms with van der Waals surface area (Å²) in [5.41, 5.74) is 12.3. The van der Waals surface area contributed by atoms with E-state index in [0.29, 0.717) is 0 Å². The highest BCUT2D eigenvalue weighted by molar-refractivity contribution is 6.05. The monoisotopic (exact) mass is 527 g/mol. The highest BCUT2D eigenvalue weighted by Gasteiger charge is 2.47. The smallest absolute Gasteiger partial charge is 0.135 e. The van der Waals surface area contributed by atoms with E-state index >= 15 is 0 Å². The number of furan rings is 1. The summed E-state index contributed by atoms with van der Waals surface area (Å²) in [5.74, 6) is 0. The van der Waals surface area contributed by atoms with Gasteiger partial charge in [0, 0.05) is 16.5 Å². The zero-order valence-electron chi connectivity index (χ0n) is 23.1. The maximum atomic E-state index is 6.51. The molecule has 41 heavy (non-hydrogen) atoms. The Balaban J connectivity index is 1.55. The summed E-state index contributed by atoms with van der Waals surface area (Å²) in [6.07, 6.45) is 0. The van der Waals surface area contributed by atoms with Crippen molar-refractivity contribution in [1.82, 2.24) is 0 Å². The molecule has 0 bridgehead atoms. The third-order valence-electron chi connectivity index (χ3n) is 8.79. The molecule has 7 aromatic rings. The maximum Gasteiger partial charge on any atom is 0.135 e. The molecule has 0 aliphatic carbocycles. The van der Waals surface area contributed by atoms with Gasteiger partial charge in [-0.3, -0.25) is 0 Å². The molecule has 0 saturated carbocycles. The van der Waals surface area contributed by atoms with Crippen LogP contribution < -0.4 is 4.90 Å². The minimum absolute atomic E-state index is 0.555. The van der Waals surface area contributed by atoms with E-state index in [4.69, 9.17) is 4.42 Å². The Kier molecular flexibility index (Phi) is 5.20. The van der Waals surface area contributed by atoms with Crippen molar-refractivity contribution < 1.29 is 4.42 Å². The van der Waals surface area contributed by atoms with Crippen LogP contribution in [-0.2, 0) is 5.41 Å². The van der Waals surface area contributed by atoms with Crippen molar-refractivity contribution in [2.75, 3.05) is 4.90 Å². The predicted octanol–water partition coefficient (Wildman–Crippen LogP) is 10.4. The van der Waals surface area contributed by atoms with Crippen LogP contribution >= 0.6 is 0 Å². The first-order valence-electron chi connectivity index (χ1n) is 14.2. The third-order valence-corrected chi connectivity index (χ3v) is 8.79. The van der Waals surface area contributed by atoms with Crippen LogP contribution in [0.3, 0.4) is 0 Å². The summed E-state index contributed by atoms with van der Waals surface area (Å²) in [6, 6.07) is 50.3. The second kappa shape index (κ2) is 8.97. The van der Waals surface area contributed by atoms with E-state index in [1.807, 2.05) is 6.07 Å². The largest absolute Gasteiger partial charge is 0.456 e. The number of rotatable bonds is 3. The molecule has 2 heteroatoms. The predicted molar refractivity (Wildman–Crippen MR) is 170 cm³/mol. The minimum Gasteiger partial charge on any atom is -0.456 e. The number of anilines is 3. The molecule has 0 radical (unpaired) electrons. The zero-order valence-corrected chi connectivity index (χ0v) is 23.1. The lowest BCUT2D eigenvalue weighted by Gasteiger charge is -2.47. The van der Waals surface area contributed by atoms with E-state index in [1.54, 1.807) is 0 Å². The van der Waals surface area contributed by atoms with Gasteiger partial charge in [-0.1, -0.05) is 97.1 Å². The van der Waals surface area contributed by atoms with E-state index in [0.717, 1.165) is 27.6 Å². The molecule has 1 aliphatic heterocycles. The molecule has 0 fully saturated rings. The van der Waals surface area contributed by atoms with Crippen molar-refractivity contribution in [3.63, 3.8) is 0 Å². The van der Waals surface area contributed by atoms with Crippen LogP contribution in [0.4, 0.5) is 17.1 Å². The van der Waals surface area contributed by atoms with Crippen LogP contribution in [-0.4, -0.2) is 0 Å². The van der Waals surface area contributed by atoms with Gasteiger partial charge in [-0.05, 0) is 89.7 Å². The fraction of sp³-hybridized carbons (Fsp3) is 0.0769. The molecule has 0 amide bonds. The van der Waals surface area contributed by atoms with Crippen LogP contribution in [0, 0.1) is 13.8 Å². The summed E-state index contributed by atoms with van der Waals surface area (Å²) in [4.78, 5) is 2.41. The number of nitrogens with zero attached hydrogens (tertiary/aromatic N) is 1.